The van der Waals surface area contributed by atoms with E-state index in [0.717, 1.165) is 30.9 Å². The first-order valence-corrected chi connectivity index (χ1v) is 9.55. The molecule has 0 radical (unpaired) electrons. The molecule has 1 aliphatic heterocycles. The smallest absolute Gasteiger partial charge is 0.250 e. The Morgan fingerprint density at radius 2 is 1.89 bits per heavy atom. The predicted molar refractivity (Wildman–Crippen MR) is 106 cm³/mol. The number of benzene rings is 1. The van der Waals surface area contributed by atoms with Crippen molar-refractivity contribution < 1.29 is 14.0 Å². The molecule has 6 heteroatoms. The molecule has 1 aromatic heterocycles. The van der Waals surface area contributed by atoms with Gasteiger partial charge in [0.2, 0.25) is 0 Å². The number of ether oxygens (including phenoxy) is 2. The molecule has 0 unspecified atom stereocenters. The molecule has 0 aliphatic carbocycles. The van der Waals surface area contributed by atoms with Crippen LogP contribution in [-0.2, 0) is 6.42 Å². The van der Waals surface area contributed by atoms with Crippen LogP contribution in [0.15, 0.2) is 22.7 Å². The van der Waals surface area contributed by atoms with Crippen LogP contribution in [0.25, 0.3) is 12.2 Å². The van der Waals surface area contributed by atoms with Gasteiger partial charge in [-0.15, -0.1) is 0 Å². The van der Waals surface area contributed by atoms with Gasteiger partial charge >= 0.3 is 0 Å². The fourth-order valence-corrected chi connectivity index (χ4v) is 3.47. The van der Waals surface area contributed by atoms with Gasteiger partial charge in [0, 0.05) is 18.5 Å². The van der Waals surface area contributed by atoms with E-state index in [1.807, 2.05) is 30.4 Å². The Hall–Kier alpha value is -2.34. The molecular weight excluding hydrogens is 342 g/mol. The lowest BCUT2D eigenvalue weighted by atomic mass is 9.93. The van der Waals surface area contributed by atoms with Crippen LogP contribution in [0.1, 0.15) is 44.0 Å². The van der Waals surface area contributed by atoms with E-state index in [2.05, 4.69) is 28.9 Å². The van der Waals surface area contributed by atoms with Crippen molar-refractivity contribution in [3.63, 3.8) is 0 Å². The number of piperidine rings is 1. The number of likely N-dealkylation sites (tertiary alicyclic amines) is 1. The minimum atomic E-state index is 0.527. The highest BCUT2D eigenvalue weighted by molar-refractivity contribution is 5.67. The van der Waals surface area contributed by atoms with Crippen molar-refractivity contribution in [3.8, 4) is 11.5 Å². The Bertz CT molecular complexity index is 762. The molecule has 3 rings (SSSR count). The number of hydrogen-bond acceptors (Lipinski definition) is 6. The molecule has 146 valence electrons. The number of nitrogens with zero attached hydrogens (tertiary/aromatic N) is 3. The van der Waals surface area contributed by atoms with E-state index in [1.54, 1.807) is 14.2 Å². The summed E-state index contributed by atoms with van der Waals surface area (Å²) in [7, 11) is 3.25. The molecular formula is C21H29N3O3. The summed E-state index contributed by atoms with van der Waals surface area (Å²) in [6.07, 6.45) is 7.05. The van der Waals surface area contributed by atoms with Crippen molar-refractivity contribution in [3.05, 3.63) is 35.5 Å². The lowest BCUT2D eigenvalue weighted by molar-refractivity contribution is 0.148. The van der Waals surface area contributed by atoms with Crippen LogP contribution in [-0.4, -0.2) is 48.4 Å². The molecule has 1 saturated heterocycles. The van der Waals surface area contributed by atoms with E-state index in [9.17, 15) is 0 Å². The van der Waals surface area contributed by atoms with Gasteiger partial charge in [-0.05, 0) is 69.5 Å². The first-order chi connectivity index (χ1) is 13.1. The van der Waals surface area contributed by atoms with Crippen molar-refractivity contribution in [2.24, 2.45) is 5.92 Å². The summed E-state index contributed by atoms with van der Waals surface area (Å²) in [5, 5.41) is 4.14. The normalized spacial score (nSPS) is 16.3. The number of methoxy groups -OCH3 is 2. The molecule has 0 spiro atoms. The lowest BCUT2D eigenvalue weighted by Gasteiger charge is -2.34. The van der Waals surface area contributed by atoms with Gasteiger partial charge in [0.25, 0.3) is 5.89 Å². The second-order valence-electron chi connectivity index (χ2n) is 7.27. The van der Waals surface area contributed by atoms with Crippen molar-refractivity contribution in [2.75, 3.05) is 27.3 Å². The molecule has 2 heterocycles. The SMILES string of the molecule is COc1ccc(/C=C/c2nc(CC3CCN(C(C)C)CC3)no2)cc1OC. The second-order valence-corrected chi connectivity index (χ2v) is 7.27. The number of rotatable bonds is 7. The molecule has 1 fully saturated rings. The average molecular weight is 371 g/mol. The van der Waals surface area contributed by atoms with E-state index in [0.29, 0.717) is 29.3 Å². The van der Waals surface area contributed by atoms with Crippen LogP contribution in [0, 0.1) is 5.92 Å². The monoisotopic (exact) mass is 371 g/mol. The summed E-state index contributed by atoms with van der Waals surface area (Å²) in [6.45, 7) is 6.84. The predicted octanol–water partition coefficient (Wildman–Crippen LogP) is 3.92. The van der Waals surface area contributed by atoms with Gasteiger partial charge in [-0.25, -0.2) is 0 Å². The van der Waals surface area contributed by atoms with Gasteiger partial charge < -0.3 is 18.9 Å². The minimum Gasteiger partial charge on any atom is -0.493 e. The Balaban J connectivity index is 1.57. The fourth-order valence-electron chi connectivity index (χ4n) is 3.47. The van der Waals surface area contributed by atoms with E-state index in [4.69, 9.17) is 14.0 Å². The number of aromatic nitrogens is 2. The summed E-state index contributed by atoms with van der Waals surface area (Å²) in [6, 6.07) is 6.37. The molecule has 0 N–H and O–H groups in total. The zero-order chi connectivity index (χ0) is 19.2. The maximum Gasteiger partial charge on any atom is 0.250 e. The van der Waals surface area contributed by atoms with Gasteiger partial charge in [-0.2, -0.15) is 4.98 Å². The third-order valence-corrected chi connectivity index (χ3v) is 5.16. The van der Waals surface area contributed by atoms with Gasteiger partial charge in [0.1, 0.15) is 0 Å². The zero-order valence-corrected chi connectivity index (χ0v) is 16.6. The van der Waals surface area contributed by atoms with Gasteiger partial charge in [-0.3, -0.25) is 0 Å². The van der Waals surface area contributed by atoms with Crippen LogP contribution in [0.5, 0.6) is 11.5 Å². The summed E-state index contributed by atoms with van der Waals surface area (Å²) in [5.74, 6) is 3.36. The highest BCUT2D eigenvalue weighted by atomic mass is 16.5. The summed E-state index contributed by atoms with van der Waals surface area (Å²) in [5.41, 5.74) is 0.980. The largest absolute Gasteiger partial charge is 0.493 e. The molecule has 6 nitrogen and oxygen atoms in total. The maximum absolute atomic E-state index is 5.37. The Morgan fingerprint density at radius 3 is 2.56 bits per heavy atom. The quantitative estimate of drug-likeness (QED) is 0.735. The molecule has 1 aromatic carbocycles. The van der Waals surface area contributed by atoms with Crippen molar-refractivity contribution >= 4 is 12.2 Å². The van der Waals surface area contributed by atoms with Crippen molar-refractivity contribution in [2.45, 2.75) is 39.2 Å². The van der Waals surface area contributed by atoms with Gasteiger partial charge in [0.05, 0.1) is 14.2 Å². The molecule has 27 heavy (non-hydrogen) atoms. The number of hydrogen-bond donors (Lipinski definition) is 0. The first-order valence-electron chi connectivity index (χ1n) is 9.55. The Labute approximate surface area is 161 Å². The summed E-state index contributed by atoms with van der Waals surface area (Å²) >= 11 is 0. The molecule has 2 aromatic rings. The third-order valence-electron chi connectivity index (χ3n) is 5.16. The van der Waals surface area contributed by atoms with Gasteiger partial charge in [0.15, 0.2) is 17.3 Å². The lowest BCUT2D eigenvalue weighted by Crippen LogP contribution is -2.38. The topological polar surface area (TPSA) is 60.6 Å². The van der Waals surface area contributed by atoms with Crippen LogP contribution < -0.4 is 9.47 Å². The fraction of sp³-hybridized carbons (Fsp3) is 0.524. The Kier molecular flexibility index (Phi) is 6.50. The van der Waals surface area contributed by atoms with E-state index < -0.39 is 0 Å². The molecule has 1 aliphatic rings. The van der Waals surface area contributed by atoms with Crippen LogP contribution in [0.3, 0.4) is 0 Å². The van der Waals surface area contributed by atoms with Crippen molar-refractivity contribution in [1.82, 2.24) is 15.0 Å². The zero-order valence-electron chi connectivity index (χ0n) is 16.6. The first kappa shape index (κ1) is 19.4. The molecule has 0 atom stereocenters. The second kappa shape index (κ2) is 9.04. The standard InChI is InChI=1S/C21H29N3O3/c1-15(2)24-11-9-17(10-12-24)14-20-22-21(27-23-20)8-6-16-5-7-18(25-3)19(13-16)26-4/h5-8,13,15,17H,9-12,14H2,1-4H3/b8-6+. The van der Waals surface area contributed by atoms with Crippen molar-refractivity contribution in [1.29, 1.82) is 0 Å². The average Bonchev–Trinajstić information content (AvgIpc) is 3.13. The maximum atomic E-state index is 5.37. The summed E-state index contributed by atoms with van der Waals surface area (Å²) in [4.78, 5) is 7.05. The molecule has 0 bridgehead atoms. The molecule has 0 saturated carbocycles. The Morgan fingerprint density at radius 1 is 1.15 bits per heavy atom. The highest BCUT2D eigenvalue weighted by Crippen LogP contribution is 2.28. The summed E-state index contributed by atoms with van der Waals surface area (Å²) < 4.78 is 16.0. The highest BCUT2D eigenvalue weighted by Gasteiger charge is 2.22. The van der Waals surface area contributed by atoms with Crippen LogP contribution >= 0.6 is 0 Å². The molecule has 0 amide bonds. The van der Waals surface area contributed by atoms with Gasteiger partial charge in [-0.1, -0.05) is 11.2 Å². The minimum absolute atomic E-state index is 0.527. The third kappa shape index (κ3) is 5.10. The van der Waals surface area contributed by atoms with E-state index >= 15 is 0 Å². The van der Waals surface area contributed by atoms with E-state index in [-0.39, 0.29) is 0 Å². The van der Waals surface area contributed by atoms with Crippen LogP contribution in [0.2, 0.25) is 0 Å². The van der Waals surface area contributed by atoms with E-state index in [1.165, 1.54) is 12.8 Å². The van der Waals surface area contributed by atoms with Crippen LogP contribution in [0.4, 0.5) is 0 Å².